The summed E-state index contributed by atoms with van der Waals surface area (Å²) in [6.07, 6.45) is 1.37. The third-order valence-corrected chi connectivity index (χ3v) is 5.27. The first-order valence-corrected chi connectivity index (χ1v) is 8.72. The number of carbonyl (C=O) groups is 1. The molecule has 0 aromatic heterocycles. The molecule has 1 atom stereocenters. The molecule has 3 nitrogen and oxygen atoms in total. The van der Waals surface area contributed by atoms with Gasteiger partial charge in [0.2, 0.25) is 0 Å². The Hall–Kier alpha value is -1.84. The smallest absolute Gasteiger partial charge is 0.306 e. The van der Waals surface area contributed by atoms with E-state index in [0.717, 1.165) is 23.7 Å². The van der Waals surface area contributed by atoms with Crippen molar-refractivity contribution in [3.8, 4) is 0 Å². The van der Waals surface area contributed by atoms with E-state index in [1.54, 1.807) is 0 Å². The Bertz CT molecular complexity index is 678. The monoisotopic (exact) mass is 343 g/mol. The maximum absolute atomic E-state index is 11.2. The zero-order valence-corrected chi connectivity index (χ0v) is 14.5. The fourth-order valence-electron chi connectivity index (χ4n) is 3.56. The fourth-order valence-corrected chi connectivity index (χ4v) is 3.80. The van der Waals surface area contributed by atoms with Gasteiger partial charge in [0.15, 0.2) is 0 Å². The molecule has 1 fully saturated rings. The molecule has 0 radical (unpaired) electrons. The van der Waals surface area contributed by atoms with Crippen LogP contribution in [0.15, 0.2) is 48.5 Å². The first-order valence-electron chi connectivity index (χ1n) is 8.34. The van der Waals surface area contributed by atoms with Crippen molar-refractivity contribution in [1.29, 1.82) is 0 Å². The van der Waals surface area contributed by atoms with Crippen LogP contribution in [0.1, 0.15) is 35.6 Å². The summed E-state index contributed by atoms with van der Waals surface area (Å²) in [5.74, 6) is -0.912. The Morgan fingerprint density at radius 1 is 1.08 bits per heavy atom. The SMILES string of the molecule is Cc1ccccc1C(c1ccccc1Cl)N1CCC(C(=O)O)CC1. The number of likely N-dealkylation sites (tertiary alicyclic amines) is 1. The van der Waals surface area contributed by atoms with Crippen molar-refractivity contribution in [2.24, 2.45) is 5.92 Å². The van der Waals surface area contributed by atoms with Crippen LogP contribution in [-0.4, -0.2) is 29.1 Å². The van der Waals surface area contributed by atoms with E-state index in [-0.39, 0.29) is 12.0 Å². The lowest BCUT2D eigenvalue weighted by Crippen LogP contribution is -2.39. The molecule has 4 heteroatoms. The predicted octanol–water partition coefficient (Wildman–Crippen LogP) is 4.53. The van der Waals surface area contributed by atoms with Crippen LogP contribution in [0, 0.1) is 12.8 Å². The zero-order chi connectivity index (χ0) is 17.1. The van der Waals surface area contributed by atoms with Crippen LogP contribution in [0.5, 0.6) is 0 Å². The second kappa shape index (κ2) is 7.37. The fraction of sp³-hybridized carbons (Fsp3) is 0.350. The maximum Gasteiger partial charge on any atom is 0.306 e. The first kappa shape index (κ1) is 17.0. The molecule has 3 rings (SSSR count). The van der Waals surface area contributed by atoms with Crippen molar-refractivity contribution < 1.29 is 9.90 Å². The van der Waals surface area contributed by atoms with E-state index in [1.807, 2.05) is 24.3 Å². The largest absolute Gasteiger partial charge is 0.481 e. The number of hydrogen-bond donors (Lipinski definition) is 1. The zero-order valence-electron chi connectivity index (χ0n) is 13.8. The Morgan fingerprint density at radius 2 is 1.67 bits per heavy atom. The van der Waals surface area contributed by atoms with Crippen molar-refractivity contribution in [1.82, 2.24) is 4.90 Å². The molecule has 1 unspecified atom stereocenters. The van der Waals surface area contributed by atoms with Crippen LogP contribution in [0.25, 0.3) is 0 Å². The molecule has 0 bridgehead atoms. The van der Waals surface area contributed by atoms with Crippen molar-refractivity contribution >= 4 is 17.6 Å². The second-order valence-corrected chi connectivity index (χ2v) is 6.84. The van der Waals surface area contributed by atoms with Crippen molar-refractivity contribution in [2.45, 2.75) is 25.8 Å². The Balaban J connectivity index is 1.97. The summed E-state index contributed by atoms with van der Waals surface area (Å²) in [7, 11) is 0. The Labute approximate surface area is 147 Å². The van der Waals surface area contributed by atoms with Gasteiger partial charge in [0.05, 0.1) is 12.0 Å². The van der Waals surface area contributed by atoms with Crippen molar-refractivity contribution in [2.75, 3.05) is 13.1 Å². The van der Waals surface area contributed by atoms with Gasteiger partial charge in [-0.25, -0.2) is 0 Å². The van der Waals surface area contributed by atoms with Gasteiger partial charge in [-0.2, -0.15) is 0 Å². The van der Waals surface area contributed by atoms with Gasteiger partial charge in [-0.3, -0.25) is 9.69 Å². The van der Waals surface area contributed by atoms with Crippen molar-refractivity contribution in [3.05, 3.63) is 70.2 Å². The third-order valence-electron chi connectivity index (χ3n) is 4.93. The summed E-state index contributed by atoms with van der Waals surface area (Å²) in [6.45, 7) is 3.64. The molecule has 2 aromatic rings. The third kappa shape index (κ3) is 3.47. The first-order chi connectivity index (χ1) is 11.6. The normalized spacial score (nSPS) is 17.6. The highest BCUT2D eigenvalue weighted by Gasteiger charge is 2.31. The van der Waals surface area contributed by atoms with E-state index in [4.69, 9.17) is 11.6 Å². The molecule has 126 valence electrons. The van der Waals surface area contributed by atoms with Gasteiger partial charge < -0.3 is 5.11 Å². The van der Waals surface area contributed by atoms with E-state index in [2.05, 4.69) is 36.1 Å². The highest BCUT2D eigenvalue weighted by atomic mass is 35.5. The van der Waals surface area contributed by atoms with Gasteiger partial charge in [-0.05, 0) is 55.6 Å². The van der Waals surface area contributed by atoms with Gasteiger partial charge >= 0.3 is 5.97 Å². The number of halogens is 1. The summed E-state index contributed by atoms with van der Waals surface area (Å²) in [4.78, 5) is 13.6. The minimum atomic E-state index is -0.681. The maximum atomic E-state index is 11.2. The molecular formula is C20H22ClNO2. The topological polar surface area (TPSA) is 40.5 Å². The molecule has 0 spiro atoms. The number of nitrogens with zero attached hydrogens (tertiary/aromatic N) is 1. The van der Waals surface area contributed by atoms with Gasteiger partial charge in [0.1, 0.15) is 0 Å². The minimum absolute atomic E-state index is 0.0645. The van der Waals surface area contributed by atoms with E-state index in [1.165, 1.54) is 11.1 Å². The molecule has 0 amide bonds. The number of carboxylic acid groups (broad SMARTS) is 1. The van der Waals surface area contributed by atoms with Gasteiger partial charge in [0.25, 0.3) is 0 Å². The van der Waals surface area contributed by atoms with Gasteiger partial charge in [-0.1, -0.05) is 54.1 Å². The van der Waals surface area contributed by atoms with E-state index in [0.29, 0.717) is 12.8 Å². The molecule has 1 aliphatic rings. The van der Waals surface area contributed by atoms with E-state index >= 15 is 0 Å². The molecule has 1 saturated heterocycles. The minimum Gasteiger partial charge on any atom is -0.481 e. The van der Waals surface area contributed by atoms with E-state index in [9.17, 15) is 9.90 Å². The Morgan fingerprint density at radius 3 is 2.25 bits per heavy atom. The molecule has 1 heterocycles. The molecular weight excluding hydrogens is 322 g/mol. The van der Waals surface area contributed by atoms with Gasteiger partial charge in [0, 0.05) is 5.02 Å². The number of carboxylic acids is 1. The molecule has 1 N–H and O–H groups in total. The standard InChI is InChI=1S/C20H22ClNO2/c1-14-6-2-3-7-16(14)19(17-8-4-5-9-18(17)21)22-12-10-15(11-13-22)20(23)24/h2-9,15,19H,10-13H2,1H3,(H,23,24). The van der Waals surface area contributed by atoms with Crippen LogP contribution < -0.4 is 0 Å². The second-order valence-electron chi connectivity index (χ2n) is 6.43. The molecule has 0 aliphatic carbocycles. The molecule has 0 saturated carbocycles. The van der Waals surface area contributed by atoms with Crippen LogP contribution in [0.3, 0.4) is 0 Å². The molecule has 1 aliphatic heterocycles. The van der Waals surface area contributed by atoms with Crippen molar-refractivity contribution in [3.63, 3.8) is 0 Å². The lowest BCUT2D eigenvalue weighted by Gasteiger charge is -2.38. The molecule has 2 aromatic carbocycles. The van der Waals surface area contributed by atoms with Crippen LogP contribution in [-0.2, 0) is 4.79 Å². The summed E-state index contributed by atoms with van der Waals surface area (Å²) < 4.78 is 0. The van der Waals surface area contributed by atoms with Crippen LogP contribution >= 0.6 is 11.6 Å². The van der Waals surface area contributed by atoms with Crippen LogP contribution in [0.2, 0.25) is 5.02 Å². The number of benzene rings is 2. The number of piperidine rings is 1. The predicted molar refractivity (Wildman–Crippen MR) is 96.4 cm³/mol. The lowest BCUT2D eigenvalue weighted by atomic mass is 9.89. The molecule has 24 heavy (non-hydrogen) atoms. The Kier molecular flexibility index (Phi) is 5.22. The average Bonchev–Trinajstić information content (AvgIpc) is 2.59. The van der Waals surface area contributed by atoms with E-state index < -0.39 is 5.97 Å². The highest BCUT2D eigenvalue weighted by molar-refractivity contribution is 6.31. The summed E-state index contributed by atoms with van der Waals surface area (Å²) in [5, 5.41) is 10.0. The summed E-state index contributed by atoms with van der Waals surface area (Å²) in [6, 6.07) is 16.4. The highest BCUT2D eigenvalue weighted by Crippen LogP contribution is 2.37. The van der Waals surface area contributed by atoms with Crippen LogP contribution in [0.4, 0.5) is 0 Å². The number of hydrogen-bond acceptors (Lipinski definition) is 2. The number of aliphatic carboxylic acids is 1. The van der Waals surface area contributed by atoms with Gasteiger partial charge in [-0.15, -0.1) is 0 Å². The summed E-state index contributed by atoms with van der Waals surface area (Å²) in [5.41, 5.74) is 3.55. The average molecular weight is 344 g/mol. The quantitative estimate of drug-likeness (QED) is 0.886. The lowest BCUT2D eigenvalue weighted by molar-refractivity contribution is -0.143. The summed E-state index contributed by atoms with van der Waals surface area (Å²) >= 11 is 6.50. The number of rotatable bonds is 4. The number of aryl methyl sites for hydroxylation is 1.